The average molecular weight is 671 g/mol. The topological polar surface area (TPSA) is 261 Å². The molecule has 3 aromatic carbocycles. The first-order valence-electron chi connectivity index (χ1n) is 13.5. The van der Waals surface area contributed by atoms with Crippen molar-refractivity contribution in [1.29, 1.82) is 0 Å². The Morgan fingerprint density at radius 1 is 0.604 bits per heavy atom. The molecule has 0 aliphatic carbocycles. The predicted molar refractivity (Wildman–Crippen MR) is 176 cm³/mol. The van der Waals surface area contributed by atoms with Crippen molar-refractivity contribution in [3.8, 4) is 11.3 Å². The molecule has 48 heavy (non-hydrogen) atoms. The third-order valence-electron chi connectivity index (χ3n) is 5.98. The van der Waals surface area contributed by atoms with E-state index in [0.717, 1.165) is 5.56 Å². The Bertz CT molecular complexity index is 1910. The van der Waals surface area contributed by atoms with Gasteiger partial charge in [0.05, 0.1) is 15.5 Å². The van der Waals surface area contributed by atoms with Gasteiger partial charge in [0.2, 0.25) is 23.8 Å². The molecular formula is C28H22N12O7S. The summed E-state index contributed by atoms with van der Waals surface area (Å²) in [6.45, 7) is 1.41. The van der Waals surface area contributed by atoms with Gasteiger partial charge in [-0.3, -0.25) is 41.0 Å². The molecule has 5 rings (SSSR count). The van der Waals surface area contributed by atoms with Crippen molar-refractivity contribution in [2.45, 2.75) is 6.92 Å². The van der Waals surface area contributed by atoms with E-state index >= 15 is 0 Å². The number of urea groups is 2. The minimum absolute atomic E-state index is 0.108. The normalized spacial score (nSPS) is 10.4. The highest BCUT2D eigenvalue weighted by atomic mass is 32.1. The third kappa shape index (κ3) is 8.76. The van der Waals surface area contributed by atoms with Crippen LogP contribution < -0.4 is 31.9 Å². The largest absolute Gasteiger partial charge is 0.326 e. The van der Waals surface area contributed by atoms with E-state index in [2.05, 4.69) is 51.8 Å². The van der Waals surface area contributed by atoms with Gasteiger partial charge in [0.15, 0.2) is 5.13 Å². The molecule has 5 aromatic rings. The Morgan fingerprint density at radius 2 is 1.04 bits per heavy atom. The molecule has 19 nitrogen and oxygen atoms in total. The predicted octanol–water partition coefficient (Wildman–Crippen LogP) is 5.80. The summed E-state index contributed by atoms with van der Waals surface area (Å²) in [5.41, 5.74) is 2.15. The maximum absolute atomic E-state index is 12.7. The van der Waals surface area contributed by atoms with Crippen molar-refractivity contribution in [3.05, 3.63) is 98.4 Å². The van der Waals surface area contributed by atoms with Gasteiger partial charge in [0.25, 0.3) is 11.4 Å². The second-order valence-corrected chi connectivity index (χ2v) is 10.4. The van der Waals surface area contributed by atoms with Crippen LogP contribution in [0.25, 0.3) is 11.3 Å². The van der Waals surface area contributed by atoms with E-state index in [9.17, 15) is 34.6 Å². The molecule has 2 heterocycles. The molecule has 6 N–H and O–H groups in total. The van der Waals surface area contributed by atoms with E-state index in [1.54, 1.807) is 29.6 Å². The zero-order chi connectivity index (χ0) is 34.2. The number of amides is 5. The van der Waals surface area contributed by atoms with Crippen LogP contribution in [0, 0.1) is 20.2 Å². The Kier molecular flexibility index (Phi) is 9.65. The summed E-state index contributed by atoms with van der Waals surface area (Å²) >= 11 is 1.22. The number of non-ortho nitro benzene ring substituents is 2. The molecule has 0 atom stereocenters. The van der Waals surface area contributed by atoms with Crippen molar-refractivity contribution in [2.24, 2.45) is 0 Å². The quantitative estimate of drug-likeness (QED) is 0.0760. The van der Waals surface area contributed by atoms with Gasteiger partial charge in [-0.2, -0.15) is 15.0 Å². The molecule has 2 aromatic heterocycles. The summed E-state index contributed by atoms with van der Waals surface area (Å²) in [7, 11) is 0. The summed E-state index contributed by atoms with van der Waals surface area (Å²) in [6, 6.07) is 15.6. The average Bonchev–Trinajstić information content (AvgIpc) is 3.49. The molecule has 0 saturated heterocycles. The highest BCUT2D eigenvalue weighted by Gasteiger charge is 2.15. The number of nitrogens with one attached hydrogen (secondary N) is 6. The van der Waals surface area contributed by atoms with E-state index in [1.165, 1.54) is 66.8 Å². The summed E-state index contributed by atoms with van der Waals surface area (Å²) in [5.74, 6) is -0.885. The number of rotatable bonds is 10. The van der Waals surface area contributed by atoms with E-state index < -0.39 is 21.9 Å². The lowest BCUT2D eigenvalue weighted by molar-refractivity contribution is -0.385. The molecule has 0 radical (unpaired) electrons. The van der Waals surface area contributed by atoms with Gasteiger partial charge in [0.1, 0.15) is 0 Å². The molecule has 0 bridgehead atoms. The zero-order valence-corrected chi connectivity index (χ0v) is 25.3. The van der Waals surface area contributed by atoms with Crippen LogP contribution in [0.4, 0.5) is 61.0 Å². The molecule has 0 unspecified atom stereocenters. The van der Waals surface area contributed by atoms with Gasteiger partial charge in [0, 0.05) is 59.2 Å². The molecule has 0 saturated carbocycles. The zero-order valence-electron chi connectivity index (χ0n) is 24.5. The molecule has 0 fully saturated rings. The number of hydrogen-bond acceptors (Lipinski definition) is 13. The Labute approximate surface area is 273 Å². The van der Waals surface area contributed by atoms with Crippen molar-refractivity contribution in [3.63, 3.8) is 0 Å². The van der Waals surface area contributed by atoms with Crippen LogP contribution in [0.5, 0.6) is 0 Å². The number of aromatic nitrogens is 4. The fourth-order valence-electron chi connectivity index (χ4n) is 3.89. The summed E-state index contributed by atoms with van der Waals surface area (Å²) in [4.78, 5) is 74.3. The van der Waals surface area contributed by atoms with Gasteiger partial charge >= 0.3 is 12.1 Å². The van der Waals surface area contributed by atoms with Crippen molar-refractivity contribution >= 4 is 80.7 Å². The van der Waals surface area contributed by atoms with E-state index in [-0.39, 0.29) is 46.5 Å². The second-order valence-electron chi connectivity index (χ2n) is 9.49. The number of hydrogen-bond donors (Lipinski definition) is 6. The lowest BCUT2D eigenvalue weighted by Gasteiger charge is -2.11. The smallest absolute Gasteiger partial charge is 0.326 e. The minimum atomic E-state index is -0.804. The summed E-state index contributed by atoms with van der Waals surface area (Å²) in [6.07, 6.45) is 0. The lowest BCUT2D eigenvalue weighted by atomic mass is 10.1. The number of nitrogens with zero attached hydrogens (tertiary/aromatic N) is 6. The van der Waals surface area contributed by atoms with Crippen molar-refractivity contribution in [2.75, 3.05) is 31.9 Å². The molecule has 0 spiro atoms. The van der Waals surface area contributed by atoms with Crippen LogP contribution in [0.3, 0.4) is 0 Å². The highest BCUT2D eigenvalue weighted by molar-refractivity contribution is 7.14. The number of benzene rings is 3. The number of nitro benzene ring substituents is 2. The van der Waals surface area contributed by atoms with Gasteiger partial charge in [-0.05, 0) is 36.4 Å². The van der Waals surface area contributed by atoms with Crippen molar-refractivity contribution < 1.29 is 24.2 Å². The third-order valence-corrected chi connectivity index (χ3v) is 6.74. The summed E-state index contributed by atoms with van der Waals surface area (Å²) < 4.78 is 0. The summed E-state index contributed by atoms with van der Waals surface area (Å²) in [5, 5.41) is 39.3. The Hall–Kier alpha value is -7.09. The van der Waals surface area contributed by atoms with Crippen LogP contribution in [-0.4, -0.2) is 47.8 Å². The maximum atomic E-state index is 12.7. The Balaban J connectivity index is 1.33. The van der Waals surface area contributed by atoms with Crippen LogP contribution >= 0.6 is 11.3 Å². The van der Waals surface area contributed by atoms with E-state index in [0.29, 0.717) is 16.5 Å². The second kappa shape index (κ2) is 14.3. The number of thiazole rings is 1. The van der Waals surface area contributed by atoms with E-state index in [1.807, 2.05) is 0 Å². The van der Waals surface area contributed by atoms with Gasteiger partial charge in [-0.1, -0.05) is 12.1 Å². The first kappa shape index (κ1) is 32.3. The van der Waals surface area contributed by atoms with Crippen molar-refractivity contribution in [1.82, 2.24) is 19.9 Å². The molecule has 242 valence electrons. The van der Waals surface area contributed by atoms with Crippen LogP contribution in [0.15, 0.2) is 78.2 Å². The van der Waals surface area contributed by atoms with E-state index in [4.69, 9.17) is 0 Å². The molecule has 0 aliphatic heterocycles. The molecule has 20 heteroatoms. The first-order valence-corrected chi connectivity index (χ1v) is 14.4. The lowest BCUT2D eigenvalue weighted by Crippen LogP contribution is -2.24. The monoisotopic (exact) mass is 670 g/mol. The maximum Gasteiger partial charge on any atom is 0.326 e. The molecule has 5 amide bonds. The van der Waals surface area contributed by atoms with Gasteiger partial charge in [-0.25, -0.2) is 14.6 Å². The molecule has 0 aliphatic rings. The van der Waals surface area contributed by atoms with Crippen LogP contribution in [-0.2, 0) is 4.79 Å². The SMILES string of the molecule is CC(=O)Nc1ccc(-c2csc(Nc3nc(NC(=O)Nc4ccc([N+](=O)[O-])cc4)nc(NC(=O)Nc4ccc([N+](=O)[O-])cc4)n3)n2)cc1. The fourth-order valence-corrected chi connectivity index (χ4v) is 4.60. The van der Waals surface area contributed by atoms with Crippen LogP contribution in [0.1, 0.15) is 6.92 Å². The van der Waals surface area contributed by atoms with Gasteiger partial charge < -0.3 is 16.0 Å². The van der Waals surface area contributed by atoms with Crippen LogP contribution in [0.2, 0.25) is 0 Å². The highest BCUT2D eigenvalue weighted by Crippen LogP contribution is 2.28. The number of nitro groups is 2. The number of carbonyl (C=O) groups excluding carboxylic acids is 3. The molecular weight excluding hydrogens is 648 g/mol. The number of anilines is 7. The number of carbonyl (C=O) groups is 3. The van der Waals surface area contributed by atoms with Gasteiger partial charge in [-0.15, -0.1) is 11.3 Å². The Morgan fingerprint density at radius 3 is 1.50 bits per heavy atom. The fraction of sp³-hybridized carbons (Fsp3) is 0.0357. The first-order chi connectivity index (χ1) is 23.0. The minimum Gasteiger partial charge on any atom is -0.326 e. The standard InChI is InChI=1S/C28H22N12O7S/c1-15(41)29-17-4-2-16(3-5-17)22-14-48-28(32-22)38-25-34-23(36-26(42)30-18-6-10-20(11-7-18)39(44)45)33-24(35-25)37-27(43)31-19-8-12-21(13-9-19)40(46)47/h2-14H,1H3,(H,29,41)(H5,30,31,32,33,34,35,36,37,38,42,43).